The number of nitrogens with zero attached hydrogens (tertiary/aromatic N) is 2. The molecule has 200 valence electrons. The van der Waals surface area contributed by atoms with Crippen LogP contribution >= 0.6 is 0 Å². The molecular formula is C33H41N3O2. The number of nitrogens with one attached hydrogen (secondary N) is 1. The number of para-hydroxylation sites is 3. The molecule has 0 saturated heterocycles. The third-order valence-corrected chi connectivity index (χ3v) is 7.27. The highest BCUT2D eigenvalue weighted by atomic mass is 16.2. The van der Waals surface area contributed by atoms with E-state index in [0.29, 0.717) is 22.6 Å². The Balaban J connectivity index is 1.29. The van der Waals surface area contributed by atoms with Crippen molar-refractivity contribution in [1.29, 1.82) is 0 Å². The van der Waals surface area contributed by atoms with Crippen molar-refractivity contribution in [1.82, 2.24) is 4.90 Å². The molecule has 0 bridgehead atoms. The minimum atomic E-state index is -0.202. The van der Waals surface area contributed by atoms with Crippen molar-refractivity contribution >= 4 is 28.9 Å². The maximum absolute atomic E-state index is 13.6. The molecule has 0 spiro atoms. The SMILES string of the molecule is CCCN(C)CCCCCCCCc1ccc(CC(=O)N2c3ccccc3NC(=O)c3ccccc32)cc1. The fraction of sp³-hybridized carbons (Fsp3) is 0.394. The molecule has 38 heavy (non-hydrogen) atoms. The summed E-state index contributed by atoms with van der Waals surface area (Å²) in [6.07, 6.45) is 10.3. The molecule has 1 aliphatic heterocycles. The predicted molar refractivity (Wildman–Crippen MR) is 157 cm³/mol. The second-order valence-electron chi connectivity index (χ2n) is 10.4. The standard InChI is InChI=1S/C33H41N3O2/c1-3-23-35(2)24-13-7-5-4-6-8-14-26-19-21-27(22-20-26)25-32(37)36-30-17-11-9-15-28(30)33(38)34-29-16-10-12-18-31(29)36/h9-12,15-22H,3-8,13-14,23-25H2,1-2H3,(H,34,38). The Bertz CT molecular complexity index is 1200. The van der Waals surface area contributed by atoms with Gasteiger partial charge >= 0.3 is 0 Å². The third kappa shape index (κ3) is 7.32. The van der Waals surface area contributed by atoms with Crippen LogP contribution in [-0.4, -0.2) is 36.9 Å². The second-order valence-corrected chi connectivity index (χ2v) is 10.4. The van der Waals surface area contributed by atoms with Crippen molar-refractivity contribution < 1.29 is 9.59 Å². The first kappa shape index (κ1) is 27.6. The van der Waals surface area contributed by atoms with Crippen molar-refractivity contribution in [3.8, 4) is 0 Å². The molecule has 0 atom stereocenters. The maximum atomic E-state index is 13.6. The number of aryl methyl sites for hydroxylation is 1. The molecular weight excluding hydrogens is 470 g/mol. The number of fused-ring (bicyclic) bond motifs is 2. The van der Waals surface area contributed by atoms with Crippen LogP contribution in [0.2, 0.25) is 0 Å². The zero-order valence-electron chi connectivity index (χ0n) is 22.9. The Morgan fingerprint density at radius 2 is 1.39 bits per heavy atom. The van der Waals surface area contributed by atoms with Gasteiger partial charge < -0.3 is 10.2 Å². The molecule has 5 nitrogen and oxygen atoms in total. The van der Waals surface area contributed by atoms with Crippen LogP contribution in [-0.2, 0) is 17.6 Å². The van der Waals surface area contributed by atoms with Crippen LogP contribution in [0.3, 0.4) is 0 Å². The number of carbonyl (C=O) groups excluding carboxylic acids is 2. The van der Waals surface area contributed by atoms with E-state index in [1.54, 1.807) is 11.0 Å². The van der Waals surface area contributed by atoms with Crippen LogP contribution in [0.25, 0.3) is 0 Å². The van der Waals surface area contributed by atoms with Gasteiger partial charge in [0.15, 0.2) is 0 Å². The highest BCUT2D eigenvalue weighted by molar-refractivity contribution is 6.17. The predicted octanol–water partition coefficient (Wildman–Crippen LogP) is 7.38. The lowest BCUT2D eigenvalue weighted by Gasteiger charge is -2.24. The summed E-state index contributed by atoms with van der Waals surface area (Å²) in [5, 5.41) is 2.95. The normalized spacial score (nSPS) is 12.6. The molecule has 3 aromatic carbocycles. The quantitative estimate of drug-likeness (QED) is 0.244. The maximum Gasteiger partial charge on any atom is 0.257 e. The van der Waals surface area contributed by atoms with E-state index < -0.39 is 0 Å². The molecule has 1 aliphatic rings. The number of anilines is 3. The lowest BCUT2D eigenvalue weighted by molar-refractivity contribution is -0.117. The van der Waals surface area contributed by atoms with Crippen molar-refractivity contribution in [2.45, 2.75) is 64.7 Å². The minimum absolute atomic E-state index is 0.0602. The largest absolute Gasteiger partial charge is 0.320 e. The molecule has 5 heteroatoms. The highest BCUT2D eigenvalue weighted by Crippen LogP contribution is 2.38. The van der Waals surface area contributed by atoms with Crippen LogP contribution in [0.1, 0.15) is 73.4 Å². The molecule has 0 radical (unpaired) electrons. The minimum Gasteiger partial charge on any atom is -0.320 e. The number of hydrogen-bond acceptors (Lipinski definition) is 3. The van der Waals surface area contributed by atoms with Gasteiger partial charge in [0.2, 0.25) is 5.91 Å². The Hall–Kier alpha value is -3.44. The van der Waals surface area contributed by atoms with Crippen LogP contribution in [0, 0.1) is 0 Å². The fourth-order valence-corrected chi connectivity index (χ4v) is 5.21. The molecule has 4 rings (SSSR count). The van der Waals surface area contributed by atoms with Crippen LogP contribution in [0.4, 0.5) is 17.1 Å². The van der Waals surface area contributed by atoms with Gasteiger partial charge in [0, 0.05) is 0 Å². The lowest BCUT2D eigenvalue weighted by atomic mass is 10.0. The van der Waals surface area contributed by atoms with E-state index in [-0.39, 0.29) is 18.2 Å². The van der Waals surface area contributed by atoms with Crippen molar-refractivity contribution in [3.05, 3.63) is 89.5 Å². The average Bonchev–Trinajstić information content (AvgIpc) is 3.05. The second kappa shape index (κ2) is 13.9. The zero-order valence-corrected chi connectivity index (χ0v) is 22.9. The van der Waals surface area contributed by atoms with E-state index in [0.717, 1.165) is 12.0 Å². The smallest absolute Gasteiger partial charge is 0.257 e. The molecule has 1 N–H and O–H groups in total. The van der Waals surface area contributed by atoms with Gasteiger partial charge in [-0.1, -0.05) is 81.1 Å². The highest BCUT2D eigenvalue weighted by Gasteiger charge is 2.28. The average molecular weight is 512 g/mol. The molecule has 0 aliphatic carbocycles. The van der Waals surface area contributed by atoms with E-state index in [4.69, 9.17) is 0 Å². The molecule has 0 saturated carbocycles. The number of unbranched alkanes of at least 4 members (excludes halogenated alkanes) is 5. The fourth-order valence-electron chi connectivity index (χ4n) is 5.21. The topological polar surface area (TPSA) is 52.7 Å². The van der Waals surface area contributed by atoms with Gasteiger partial charge in [0.1, 0.15) is 0 Å². The van der Waals surface area contributed by atoms with Gasteiger partial charge in [-0.05, 0) is 81.2 Å². The molecule has 0 unspecified atom stereocenters. The summed E-state index contributed by atoms with van der Waals surface area (Å²) in [5.74, 6) is -0.262. The number of benzene rings is 3. The Morgan fingerprint density at radius 1 is 0.763 bits per heavy atom. The molecule has 2 amide bonds. The van der Waals surface area contributed by atoms with Crippen molar-refractivity contribution in [2.75, 3.05) is 30.4 Å². The van der Waals surface area contributed by atoms with Gasteiger partial charge in [-0.15, -0.1) is 0 Å². The molecule has 3 aromatic rings. The summed E-state index contributed by atoms with van der Waals surface area (Å²) in [7, 11) is 2.22. The van der Waals surface area contributed by atoms with Gasteiger partial charge in [-0.25, -0.2) is 0 Å². The van der Waals surface area contributed by atoms with Crippen molar-refractivity contribution in [2.24, 2.45) is 0 Å². The summed E-state index contributed by atoms with van der Waals surface area (Å²) < 4.78 is 0. The van der Waals surface area contributed by atoms with E-state index in [1.165, 1.54) is 63.6 Å². The van der Waals surface area contributed by atoms with Gasteiger partial charge in [0.25, 0.3) is 5.91 Å². The molecule has 0 aromatic heterocycles. The summed E-state index contributed by atoms with van der Waals surface area (Å²) in [6.45, 7) is 4.65. The monoisotopic (exact) mass is 511 g/mol. The van der Waals surface area contributed by atoms with Crippen LogP contribution in [0.5, 0.6) is 0 Å². The van der Waals surface area contributed by atoms with E-state index in [9.17, 15) is 9.59 Å². The summed E-state index contributed by atoms with van der Waals surface area (Å²) >= 11 is 0. The number of carbonyl (C=O) groups is 2. The first-order valence-corrected chi connectivity index (χ1v) is 14.2. The third-order valence-electron chi connectivity index (χ3n) is 7.27. The molecule has 1 heterocycles. The van der Waals surface area contributed by atoms with Crippen molar-refractivity contribution in [3.63, 3.8) is 0 Å². The first-order chi connectivity index (χ1) is 18.6. The first-order valence-electron chi connectivity index (χ1n) is 14.2. The van der Waals surface area contributed by atoms with Gasteiger partial charge in [-0.2, -0.15) is 0 Å². The summed E-state index contributed by atoms with van der Waals surface area (Å²) in [4.78, 5) is 30.5. The van der Waals surface area contributed by atoms with E-state index in [1.807, 2.05) is 42.5 Å². The van der Waals surface area contributed by atoms with E-state index in [2.05, 4.69) is 48.5 Å². The number of rotatable bonds is 13. The van der Waals surface area contributed by atoms with E-state index >= 15 is 0 Å². The Kier molecular flexibility index (Phi) is 10.1. The van der Waals surface area contributed by atoms with Crippen LogP contribution in [0.15, 0.2) is 72.8 Å². The van der Waals surface area contributed by atoms with Gasteiger partial charge in [-0.3, -0.25) is 14.5 Å². The summed E-state index contributed by atoms with van der Waals surface area (Å²) in [6, 6.07) is 23.2. The lowest BCUT2D eigenvalue weighted by Crippen LogP contribution is -2.28. The van der Waals surface area contributed by atoms with Gasteiger partial charge in [0.05, 0.1) is 29.0 Å². The Morgan fingerprint density at radius 3 is 2.16 bits per heavy atom. The molecule has 0 fully saturated rings. The Labute approximate surface area is 227 Å². The summed E-state index contributed by atoms with van der Waals surface area (Å²) in [5.41, 5.74) is 4.75. The zero-order chi connectivity index (χ0) is 26.7. The van der Waals surface area contributed by atoms with Crippen LogP contribution < -0.4 is 10.2 Å². The number of hydrogen-bond donors (Lipinski definition) is 1. The number of amides is 2.